The van der Waals surface area contributed by atoms with Crippen LogP contribution in [-0.4, -0.2) is 27.8 Å². The van der Waals surface area contributed by atoms with E-state index in [0.717, 1.165) is 5.56 Å². The van der Waals surface area contributed by atoms with Gasteiger partial charge in [0.1, 0.15) is 5.75 Å². The second-order valence-electron chi connectivity index (χ2n) is 4.79. The largest absolute Gasteiger partial charge is 0.508 e. The van der Waals surface area contributed by atoms with Gasteiger partial charge in [-0.2, -0.15) is 0 Å². The molecule has 0 aliphatic carbocycles. The quantitative estimate of drug-likeness (QED) is 0.503. The molecular formula is C17H17NO4. The third-order valence-corrected chi connectivity index (χ3v) is 3.08. The van der Waals surface area contributed by atoms with E-state index in [9.17, 15) is 20.1 Å². The molecular weight excluding hydrogens is 282 g/mol. The highest BCUT2D eigenvalue weighted by molar-refractivity contribution is 5.91. The number of carbonyl (C=O) groups is 1. The molecule has 0 aliphatic heterocycles. The van der Waals surface area contributed by atoms with Crippen LogP contribution in [0.15, 0.2) is 48.5 Å². The number of carbonyl (C=O) groups excluding carboxylic acids is 1. The molecule has 2 aromatic carbocycles. The second-order valence-corrected chi connectivity index (χ2v) is 4.79. The van der Waals surface area contributed by atoms with Crippen molar-refractivity contribution in [2.24, 2.45) is 0 Å². The van der Waals surface area contributed by atoms with Crippen LogP contribution in [0.3, 0.4) is 0 Å². The first-order valence-corrected chi connectivity index (χ1v) is 6.80. The molecule has 0 heterocycles. The second kappa shape index (κ2) is 7.17. The lowest BCUT2D eigenvalue weighted by Crippen LogP contribution is -2.23. The Balaban J connectivity index is 1.81. The highest BCUT2D eigenvalue weighted by Crippen LogP contribution is 2.25. The van der Waals surface area contributed by atoms with Crippen molar-refractivity contribution < 1.29 is 20.1 Å². The number of phenolic OH excluding ortho intramolecular Hbond substituents is 3. The SMILES string of the molecule is O=C(C=Cc1ccc(O)c(O)c1)NCCc1ccc(O)cc1. The van der Waals surface area contributed by atoms with E-state index < -0.39 is 0 Å². The zero-order valence-corrected chi connectivity index (χ0v) is 11.9. The molecule has 0 aliphatic rings. The van der Waals surface area contributed by atoms with E-state index >= 15 is 0 Å². The van der Waals surface area contributed by atoms with E-state index in [4.69, 9.17) is 0 Å². The molecule has 1 amide bonds. The summed E-state index contributed by atoms with van der Waals surface area (Å²) in [6.45, 7) is 0.481. The maximum absolute atomic E-state index is 11.7. The number of benzene rings is 2. The van der Waals surface area contributed by atoms with Crippen LogP contribution in [0, 0.1) is 0 Å². The normalized spacial score (nSPS) is 10.7. The molecule has 0 aromatic heterocycles. The summed E-state index contributed by atoms with van der Waals surface area (Å²) in [5.41, 5.74) is 1.63. The third kappa shape index (κ3) is 4.56. The fraction of sp³-hybridized carbons (Fsp3) is 0.118. The number of rotatable bonds is 5. The summed E-state index contributed by atoms with van der Waals surface area (Å²) in [7, 11) is 0. The summed E-state index contributed by atoms with van der Waals surface area (Å²) in [6.07, 6.45) is 3.58. The summed E-state index contributed by atoms with van der Waals surface area (Å²) in [5, 5.41) is 30.5. The molecule has 5 heteroatoms. The summed E-state index contributed by atoms with van der Waals surface area (Å²) in [4.78, 5) is 11.7. The third-order valence-electron chi connectivity index (χ3n) is 3.08. The van der Waals surface area contributed by atoms with Crippen LogP contribution in [0.2, 0.25) is 0 Å². The van der Waals surface area contributed by atoms with Crippen molar-refractivity contribution >= 4 is 12.0 Å². The van der Waals surface area contributed by atoms with Crippen LogP contribution in [0.4, 0.5) is 0 Å². The topological polar surface area (TPSA) is 89.8 Å². The van der Waals surface area contributed by atoms with Crippen LogP contribution >= 0.6 is 0 Å². The molecule has 0 bridgehead atoms. The summed E-state index contributed by atoms with van der Waals surface area (Å²) >= 11 is 0. The molecule has 0 saturated carbocycles. The monoisotopic (exact) mass is 299 g/mol. The van der Waals surface area contributed by atoms with Crippen molar-refractivity contribution in [1.29, 1.82) is 0 Å². The van der Waals surface area contributed by atoms with Crippen LogP contribution in [0.25, 0.3) is 6.08 Å². The minimum Gasteiger partial charge on any atom is -0.508 e. The number of hydrogen-bond donors (Lipinski definition) is 4. The predicted molar refractivity (Wildman–Crippen MR) is 83.6 cm³/mol. The van der Waals surface area contributed by atoms with Crippen molar-refractivity contribution in [3.8, 4) is 17.2 Å². The lowest BCUT2D eigenvalue weighted by Gasteiger charge is -2.03. The van der Waals surface area contributed by atoms with Gasteiger partial charge >= 0.3 is 0 Å². The van der Waals surface area contributed by atoms with Gasteiger partial charge in [-0.3, -0.25) is 4.79 Å². The molecule has 114 valence electrons. The van der Waals surface area contributed by atoms with Crippen molar-refractivity contribution in [2.45, 2.75) is 6.42 Å². The van der Waals surface area contributed by atoms with Gasteiger partial charge in [0.2, 0.25) is 5.91 Å². The number of hydrogen-bond acceptors (Lipinski definition) is 4. The summed E-state index contributed by atoms with van der Waals surface area (Å²) in [6, 6.07) is 11.1. The fourth-order valence-corrected chi connectivity index (χ4v) is 1.87. The maximum atomic E-state index is 11.7. The van der Waals surface area contributed by atoms with E-state index in [1.165, 1.54) is 18.2 Å². The minimum absolute atomic E-state index is 0.199. The zero-order valence-electron chi connectivity index (χ0n) is 11.9. The summed E-state index contributed by atoms with van der Waals surface area (Å²) < 4.78 is 0. The molecule has 0 atom stereocenters. The first kappa shape index (κ1) is 15.4. The van der Waals surface area contributed by atoms with Gasteiger partial charge in [-0.15, -0.1) is 0 Å². The van der Waals surface area contributed by atoms with E-state index in [2.05, 4.69) is 5.32 Å². The molecule has 22 heavy (non-hydrogen) atoms. The van der Waals surface area contributed by atoms with Crippen molar-refractivity contribution in [3.63, 3.8) is 0 Å². The van der Waals surface area contributed by atoms with Gasteiger partial charge in [0.15, 0.2) is 11.5 Å². The molecule has 0 fully saturated rings. The van der Waals surface area contributed by atoms with Gasteiger partial charge < -0.3 is 20.6 Å². The Morgan fingerprint density at radius 2 is 1.73 bits per heavy atom. The van der Waals surface area contributed by atoms with Crippen LogP contribution in [0.5, 0.6) is 17.2 Å². The Kier molecular flexibility index (Phi) is 5.03. The standard InChI is InChI=1S/C17H17NO4/c19-14-5-1-12(2-6-14)9-10-18-17(22)8-4-13-3-7-15(20)16(21)11-13/h1-8,11,19-21H,9-10H2,(H,18,22). The van der Waals surface area contributed by atoms with Gasteiger partial charge in [0, 0.05) is 12.6 Å². The molecule has 0 saturated heterocycles. The average Bonchev–Trinajstić information content (AvgIpc) is 2.50. The van der Waals surface area contributed by atoms with Crippen LogP contribution in [0.1, 0.15) is 11.1 Å². The average molecular weight is 299 g/mol. The Morgan fingerprint density at radius 3 is 2.41 bits per heavy atom. The van der Waals surface area contributed by atoms with Gasteiger partial charge in [-0.05, 0) is 47.9 Å². The lowest BCUT2D eigenvalue weighted by atomic mass is 10.1. The van der Waals surface area contributed by atoms with E-state index in [0.29, 0.717) is 18.5 Å². The number of aromatic hydroxyl groups is 3. The fourth-order valence-electron chi connectivity index (χ4n) is 1.87. The molecule has 5 nitrogen and oxygen atoms in total. The predicted octanol–water partition coefficient (Wildman–Crippen LogP) is 2.18. The maximum Gasteiger partial charge on any atom is 0.244 e. The Labute approximate surface area is 128 Å². The molecule has 0 unspecified atom stereocenters. The van der Waals surface area contributed by atoms with Crippen molar-refractivity contribution in [3.05, 3.63) is 59.7 Å². The van der Waals surface area contributed by atoms with Crippen LogP contribution < -0.4 is 5.32 Å². The summed E-state index contributed by atoms with van der Waals surface area (Å²) in [5.74, 6) is -0.454. The van der Waals surface area contributed by atoms with Crippen LogP contribution in [-0.2, 0) is 11.2 Å². The number of nitrogens with one attached hydrogen (secondary N) is 1. The highest BCUT2D eigenvalue weighted by Gasteiger charge is 2.00. The molecule has 2 aromatic rings. The zero-order chi connectivity index (χ0) is 15.9. The first-order valence-electron chi connectivity index (χ1n) is 6.80. The van der Waals surface area contributed by atoms with E-state index in [1.54, 1.807) is 36.4 Å². The van der Waals surface area contributed by atoms with Crippen molar-refractivity contribution in [1.82, 2.24) is 5.32 Å². The number of phenols is 3. The Morgan fingerprint density at radius 1 is 1.00 bits per heavy atom. The smallest absolute Gasteiger partial charge is 0.244 e. The number of amides is 1. The molecule has 0 radical (unpaired) electrons. The first-order chi connectivity index (χ1) is 10.5. The minimum atomic E-state index is -0.244. The van der Waals surface area contributed by atoms with Gasteiger partial charge in [-0.1, -0.05) is 18.2 Å². The molecule has 4 N–H and O–H groups in total. The van der Waals surface area contributed by atoms with E-state index in [-0.39, 0.29) is 23.2 Å². The van der Waals surface area contributed by atoms with Gasteiger partial charge in [0.25, 0.3) is 0 Å². The van der Waals surface area contributed by atoms with E-state index in [1.807, 2.05) is 0 Å². The van der Waals surface area contributed by atoms with Gasteiger partial charge in [0.05, 0.1) is 0 Å². The Bertz CT molecular complexity index is 678. The highest BCUT2D eigenvalue weighted by atomic mass is 16.3. The lowest BCUT2D eigenvalue weighted by molar-refractivity contribution is -0.116. The molecule has 0 spiro atoms. The molecule has 2 rings (SSSR count). The van der Waals surface area contributed by atoms with Gasteiger partial charge in [-0.25, -0.2) is 0 Å². The van der Waals surface area contributed by atoms with Crippen molar-refractivity contribution in [2.75, 3.05) is 6.54 Å². The Hall–Kier alpha value is -2.95.